The number of carbonyl (C=O) groups is 1. The van der Waals surface area contributed by atoms with Gasteiger partial charge in [-0.3, -0.25) is 9.78 Å². The van der Waals surface area contributed by atoms with Crippen LogP contribution >= 0.6 is 11.3 Å². The number of hydrazone groups is 1. The van der Waals surface area contributed by atoms with E-state index >= 15 is 0 Å². The van der Waals surface area contributed by atoms with E-state index in [1.165, 1.54) is 6.21 Å². The van der Waals surface area contributed by atoms with Crippen LogP contribution in [-0.4, -0.2) is 17.1 Å². The second-order valence-corrected chi connectivity index (χ2v) is 4.94. The maximum atomic E-state index is 11.9. The molecule has 0 atom stereocenters. The maximum absolute atomic E-state index is 11.9. The average molecular weight is 285 g/mol. The van der Waals surface area contributed by atoms with Crippen molar-refractivity contribution >= 4 is 28.5 Å². The summed E-state index contributed by atoms with van der Waals surface area (Å²) in [6.07, 6.45) is 4.77. The second-order valence-electron chi connectivity index (χ2n) is 3.89. The van der Waals surface area contributed by atoms with E-state index in [1.54, 1.807) is 31.5 Å². The van der Waals surface area contributed by atoms with E-state index in [2.05, 4.69) is 15.5 Å². The Morgan fingerprint density at radius 2 is 2.25 bits per heavy atom. The number of hydrogen-bond donors (Lipinski definition) is 2. The fourth-order valence-electron chi connectivity index (χ4n) is 1.56. The predicted octanol–water partition coefficient (Wildman–Crippen LogP) is 1.67. The highest BCUT2D eigenvalue weighted by Gasteiger charge is 2.17. The lowest BCUT2D eigenvalue weighted by molar-refractivity contribution is 0.0958. The lowest BCUT2D eigenvalue weighted by atomic mass is 10.2. The Morgan fingerprint density at radius 3 is 2.85 bits per heavy atom. The molecule has 0 spiro atoms. The number of nitrogens with zero attached hydrogens (tertiary/aromatic N) is 3. The molecule has 2 aromatic rings. The molecule has 2 heterocycles. The molecule has 0 radical (unpaired) electrons. The highest BCUT2D eigenvalue weighted by Crippen LogP contribution is 2.29. The molecule has 3 N–H and O–H groups in total. The molecule has 0 fully saturated rings. The Bertz CT molecular complexity index is 700. The van der Waals surface area contributed by atoms with Gasteiger partial charge in [0.25, 0.3) is 5.91 Å². The zero-order chi connectivity index (χ0) is 14.5. The first kappa shape index (κ1) is 13.7. The summed E-state index contributed by atoms with van der Waals surface area (Å²) >= 11 is 1.08. The van der Waals surface area contributed by atoms with Gasteiger partial charge in [-0.2, -0.15) is 10.4 Å². The van der Waals surface area contributed by atoms with E-state index in [0.717, 1.165) is 16.9 Å². The lowest BCUT2D eigenvalue weighted by Gasteiger charge is -1.97. The number of anilines is 1. The molecular formula is C13H11N5OS. The molecule has 0 aromatic carbocycles. The van der Waals surface area contributed by atoms with Crippen molar-refractivity contribution in [3.05, 3.63) is 46.1 Å². The Balaban J connectivity index is 2.10. The van der Waals surface area contributed by atoms with Gasteiger partial charge in [0.1, 0.15) is 15.9 Å². The number of nitrogen functional groups attached to an aromatic ring is 1. The first-order valence-electron chi connectivity index (χ1n) is 5.66. The topological polar surface area (TPSA) is 104 Å². The van der Waals surface area contributed by atoms with Crippen LogP contribution in [0.4, 0.5) is 5.00 Å². The molecule has 7 heteroatoms. The van der Waals surface area contributed by atoms with E-state index in [9.17, 15) is 4.79 Å². The van der Waals surface area contributed by atoms with Gasteiger partial charge in [-0.1, -0.05) is 0 Å². The highest BCUT2D eigenvalue weighted by molar-refractivity contribution is 7.18. The summed E-state index contributed by atoms with van der Waals surface area (Å²) in [5, 5.41) is 13.1. The minimum Gasteiger partial charge on any atom is -0.389 e. The standard InChI is InChI=1S/C13H11N5OS/c1-8-10(6-14)12(15)20-11(8)13(19)18-17-7-9-2-4-16-5-3-9/h2-5,7H,15H2,1H3,(H,18,19)/b17-7+. The molecule has 0 saturated heterocycles. The molecule has 0 bridgehead atoms. The number of nitriles is 1. The van der Waals surface area contributed by atoms with Crippen molar-refractivity contribution < 1.29 is 4.79 Å². The fraction of sp³-hybridized carbons (Fsp3) is 0.0769. The van der Waals surface area contributed by atoms with Gasteiger partial charge in [-0.25, -0.2) is 5.43 Å². The van der Waals surface area contributed by atoms with E-state index in [0.29, 0.717) is 21.0 Å². The number of nitrogens with one attached hydrogen (secondary N) is 1. The van der Waals surface area contributed by atoms with Crippen molar-refractivity contribution in [1.29, 1.82) is 5.26 Å². The zero-order valence-corrected chi connectivity index (χ0v) is 11.4. The van der Waals surface area contributed by atoms with Gasteiger partial charge in [-0.15, -0.1) is 11.3 Å². The molecular weight excluding hydrogens is 274 g/mol. The summed E-state index contributed by atoms with van der Waals surface area (Å²) in [5.41, 5.74) is 9.83. The van der Waals surface area contributed by atoms with Crippen molar-refractivity contribution in [1.82, 2.24) is 10.4 Å². The van der Waals surface area contributed by atoms with Crippen LogP contribution in [0.25, 0.3) is 0 Å². The zero-order valence-electron chi connectivity index (χ0n) is 10.6. The van der Waals surface area contributed by atoms with Gasteiger partial charge in [0.15, 0.2) is 0 Å². The van der Waals surface area contributed by atoms with Crippen molar-refractivity contribution in [2.75, 3.05) is 5.73 Å². The van der Waals surface area contributed by atoms with Crippen LogP contribution in [0.2, 0.25) is 0 Å². The van der Waals surface area contributed by atoms with Gasteiger partial charge in [-0.05, 0) is 30.2 Å². The van der Waals surface area contributed by atoms with Crippen LogP contribution < -0.4 is 11.2 Å². The first-order valence-corrected chi connectivity index (χ1v) is 6.47. The molecule has 0 saturated carbocycles. The summed E-state index contributed by atoms with van der Waals surface area (Å²) in [5.74, 6) is -0.383. The molecule has 0 unspecified atom stereocenters. The first-order chi connectivity index (χ1) is 9.63. The third-order valence-electron chi connectivity index (χ3n) is 2.58. The van der Waals surface area contributed by atoms with Crippen LogP contribution in [0, 0.1) is 18.3 Å². The summed E-state index contributed by atoms with van der Waals surface area (Å²) in [7, 11) is 0. The fourth-order valence-corrected chi connectivity index (χ4v) is 2.47. The second kappa shape index (κ2) is 5.95. The molecule has 0 aliphatic rings. The molecule has 2 aromatic heterocycles. The summed E-state index contributed by atoms with van der Waals surface area (Å²) in [4.78, 5) is 16.2. The average Bonchev–Trinajstić information content (AvgIpc) is 2.74. The molecule has 0 aliphatic heterocycles. The maximum Gasteiger partial charge on any atom is 0.281 e. The monoisotopic (exact) mass is 285 g/mol. The van der Waals surface area contributed by atoms with Crippen LogP contribution in [0.1, 0.15) is 26.4 Å². The van der Waals surface area contributed by atoms with Crippen molar-refractivity contribution in [2.24, 2.45) is 5.10 Å². The van der Waals surface area contributed by atoms with Gasteiger partial charge >= 0.3 is 0 Å². The Hall–Kier alpha value is -2.72. The number of amides is 1. The van der Waals surface area contributed by atoms with E-state index < -0.39 is 0 Å². The highest BCUT2D eigenvalue weighted by atomic mass is 32.1. The number of pyridine rings is 1. The van der Waals surface area contributed by atoms with Crippen molar-refractivity contribution in [3.63, 3.8) is 0 Å². The number of thiophene rings is 1. The number of carbonyl (C=O) groups excluding carboxylic acids is 1. The summed E-state index contributed by atoms with van der Waals surface area (Å²) in [6.45, 7) is 1.69. The minimum absolute atomic E-state index is 0.341. The summed E-state index contributed by atoms with van der Waals surface area (Å²) < 4.78 is 0. The van der Waals surface area contributed by atoms with E-state index in [4.69, 9.17) is 11.0 Å². The van der Waals surface area contributed by atoms with Gasteiger partial charge in [0.2, 0.25) is 0 Å². The number of nitrogens with two attached hydrogens (primary N) is 1. The molecule has 2 rings (SSSR count). The third-order valence-corrected chi connectivity index (χ3v) is 3.70. The Morgan fingerprint density at radius 1 is 1.55 bits per heavy atom. The molecule has 6 nitrogen and oxygen atoms in total. The van der Waals surface area contributed by atoms with E-state index in [-0.39, 0.29) is 5.91 Å². The van der Waals surface area contributed by atoms with Crippen molar-refractivity contribution in [3.8, 4) is 6.07 Å². The largest absolute Gasteiger partial charge is 0.389 e. The lowest BCUT2D eigenvalue weighted by Crippen LogP contribution is -2.17. The smallest absolute Gasteiger partial charge is 0.281 e. The predicted molar refractivity (Wildman–Crippen MR) is 77.5 cm³/mol. The molecule has 1 amide bonds. The number of aromatic nitrogens is 1. The SMILES string of the molecule is Cc1c(C(=O)N/N=C/c2ccncc2)sc(N)c1C#N. The number of hydrogen-bond acceptors (Lipinski definition) is 6. The van der Waals surface area contributed by atoms with Crippen LogP contribution in [0.5, 0.6) is 0 Å². The molecule has 0 aliphatic carbocycles. The van der Waals surface area contributed by atoms with Crippen molar-refractivity contribution in [2.45, 2.75) is 6.92 Å². The normalized spacial score (nSPS) is 10.4. The minimum atomic E-state index is -0.383. The van der Waals surface area contributed by atoms with Crippen LogP contribution in [0.15, 0.2) is 29.6 Å². The Labute approximate surface area is 119 Å². The quantitative estimate of drug-likeness (QED) is 0.661. The Kier molecular flexibility index (Phi) is 4.08. The van der Waals surface area contributed by atoms with Crippen LogP contribution in [0.3, 0.4) is 0 Å². The summed E-state index contributed by atoms with van der Waals surface area (Å²) in [6, 6.07) is 5.50. The third kappa shape index (κ3) is 2.81. The van der Waals surface area contributed by atoms with Gasteiger partial charge < -0.3 is 5.73 Å². The van der Waals surface area contributed by atoms with Gasteiger partial charge in [0.05, 0.1) is 11.8 Å². The molecule has 100 valence electrons. The van der Waals surface area contributed by atoms with E-state index in [1.807, 2.05) is 6.07 Å². The number of rotatable bonds is 3. The molecule has 20 heavy (non-hydrogen) atoms. The van der Waals surface area contributed by atoms with Crippen LogP contribution in [-0.2, 0) is 0 Å². The van der Waals surface area contributed by atoms with Gasteiger partial charge in [0, 0.05) is 12.4 Å².